The van der Waals surface area contributed by atoms with Crippen LogP contribution in [-0.4, -0.2) is 26.2 Å². The quantitative estimate of drug-likeness (QED) is 0.436. The summed E-state index contributed by atoms with van der Waals surface area (Å²) in [5.41, 5.74) is 1.10. The van der Waals surface area contributed by atoms with Crippen molar-refractivity contribution >= 4 is 5.96 Å². The fourth-order valence-corrected chi connectivity index (χ4v) is 1.92. The second kappa shape index (κ2) is 10.1. The maximum absolute atomic E-state index is 5.34. The van der Waals surface area contributed by atoms with Gasteiger partial charge in [0.2, 0.25) is 0 Å². The van der Waals surface area contributed by atoms with Crippen LogP contribution in [0, 0.1) is 0 Å². The Kier molecular flexibility index (Phi) is 8.27. The standard InChI is InChI=1S/C16H27N3O/c1-4-6-9-12-18-16(17-5-2)19-13-14-10-7-8-11-15(14)20-3/h7-8,10-11H,4-6,9,12-13H2,1-3H3,(H2,17,18,19). The van der Waals surface area contributed by atoms with E-state index in [0.29, 0.717) is 6.54 Å². The highest BCUT2D eigenvalue weighted by molar-refractivity contribution is 5.79. The molecule has 0 heterocycles. The van der Waals surface area contributed by atoms with E-state index in [-0.39, 0.29) is 0 Å². The molecule has 0 atom stereocenters. The molecule has 1 aromatic carbocycles. The molecule has 4 nitrogen and oxygen atoms in total. The number of guanidine groups is 1. The lowest BCUT2D eigenvalue weighted by atomic mass is 10.2. The summed E-state index contributed by atoms with van der Waals surface area (Å²) in [6.45, 7) is 6.73. The van der Waals surface area contributed by atoms with Gasteiger partial charge in [0.25, 0.3) is 0 Å². The first-order valence-corrected chi connectivity index (χ1v) is 7.45. The van der Waals surface area contributed by atoms with E-state index < -0.39 is 0 Å². The molecule has 0 unspecified atom stereocenters. The molecular weight excluding hydrogens is 250 g/mol. The van der Waals surface area contributed by atoms with Gasteiger partial charge in [-0.2, -0.15) is 0 Å². The van der Waals surface area contributed by atoms with Gasteiger partial charge in [-0.05, 0) is 19.4 Å². The molecule has 0 saturated carbocycles. The summed E-state index contributed by atoms with van der Waals surface area (Å²) in [5.74, 6) is 1.76. The summed E-state index contributed by atoms with van der Waals surface area (Å²) in [7, 11) is 1.69. The number of nitrogens with one attached hydrogen (secondary N) is 2. The Labute approximate surface area is 122 Å². The molecule has 0 amide bonds. The zero-order valence-electron chi connectivity index (χ0n) is 12.9. The van der Waals surface area contributed by atoms with Crippen molar-refractivity contribution in [3.05, 3.63) is 29.8 Å². The predicted octanol–water partition coefficient (Wildman–Crippen LogP) is 2.94. The third kappa shape index (κ3) is 5.95. The molecule has 0 radical (unpaired) electrons. The molecule has 4 heteroatoms. The first-order valence-electron chi connectivity index (χ1n) is 7.45. The van der Waals surface area contributed by atoms with Gasteiger partial charge in [0, 0.05) is 18.7 Å². The van der Waals surface area contributed by atoms with Gasteiger partial charge in [0.05, 0.1) is 13.7 Å². The molecule has 0 aliphatic carbocycles. The van der Waals surface area contributed by atoms with Crippen molar-refractivity contribution < 1.29 is 4.74 Å². The fourth-order valence-electron chi connectivity index (χ4n) is 1.92. The van der Waals surface area contributed by atoms with Crippen molar-refractivity contribution in [2.24, 2.45) is 4.99 Å². The summed E-state index contributed by atoms with van der Waals surface area (Å²) < 4.78 is 5.34. The molecule has 2 N–H and O–H groups in total. The number of methoxy groups -OCH3 is 1. The Morgan fingerprint density at radius 3 is 2.65 bits per heavy atom. The second-order valence-corrected chi connectivity index (χ2v) is 4.64. The summed E-state index contributed by atoms with van der Waals surface area (Å²) in [6.07, 6.45) is 3.66. The highest BCUT2D eigenvalue weighted by atomic mass is 16.5. The lowest BCUT2D eigenvalue weighted by molar-refractivity contribution is 0.410. The van der Waals surface area contributed by atoms with Crippen molar-refractivity contribution in [1.29, 1.82) is 0 Å². The number of aliphatic imine (C=N–C) groups is 1. The van der Waals surface area contributed by atoms with Crippen molar-refractivity contribution in [2.75, 3.05) is 20.2 Å². The van der Waals surface area contributed by atoms with Crippen LogP contribution >= 0.6 is 0 Å². The van der Waals surface area contributed by atoms with Crippen LogP contribution in [-0.2, 0) is 6.54 Å². The first-order chi connectivity index (χ1) is 9.81. The molecule has 20 heavy (non-hydrogen) atoms. The predicted molar refractivity (Wildman–Crippen MR) is 85.3 cm³/mol. The second-order valence-electron chi connectivity index (χ2n) is 4.64. The van der Waals surface area contributed by atoms with E-state index in [4.69, 9.17) is 4.74 Å². The smallest absolute Gasteiger partial charge is 0.191 e. The van der Waals surface area contributed by atoms with E-state index in [1.807, 2.05) is 24.3 Å². The van der Waals surface area contributed by atoms with Gasteiger partial charge in [-0.1, -0.05) is 38.0 Å². The average Bonchev–Trinajstić information content (AvgIpc) is 2.49. The van der Waals surface area contributed by atoms with Gasteiger partial charge in [0.1, 0.15) is 5.75 Å². The maximum Gasteiger partial charge on any atom is 0.191 e. The van der Waals surface area contributed by atoms with Crippen LogP contribution in [0.25, 0.3) is 0 Å². The molecule has 112 valence electrons. The molecule has 1 aromatic rings. The molecule has 0 fully saturated rings. The Balaban J connectivity index is 2.57. The Morgan fingerprint density at radius 2 is 1.95 bits per heavy atom. The Morgan fingerprint density at radius 1 is 1.15 bits per heavy atom. The van der Waals surface area contributed by atoms with E-state index in [0.717, 1.165) is 30.4 Å². The van der Waals surface area contributed by atoms with E-state index >= 15 is 0 Å². The minimum absolute atomic E-state index is 0.618. The van der Waals surface area contributed by atoms with Crippen molar-refractivity contribution in [3.8, 4) is 5.75 Å². The lowest BCUT2D eigenvalue weighted by Gasteiger charge is -2.12. The Bertz CT molecular complexity index is 404. The molecule has 0 aliphatic rings. The van der Waals surface area contributed by atoms with Gasteiger partial charge in [0.15, 0.2) is 5.96 Å². The zero-order valence-corrected chi connectivity index (χ0v) is 12.9. The van der Waals surface area contributed by atoms with Gasteiger partial charge < -0.3 is 15.4 Å². The molecule has 0 aromatic heterocycles. The summed E-state index contributed by atoms with van der Waals surface area (Å²) >= 11 is 0. The van der Waals surface area contributed by atoms with Crippen LogP contribution in [0.4, 0.5) is 0 Å². The van der Waals surface area contributed by atoms with Crippen LogP contribution in [0.2, 0.25) is 0 Å². The maximum atomic E-state index is 5.34. The number of hydrogen-bond donors (Lipinski definition) is 2. The average molecular weight is 277 g/mol. The van der Waals surface area contributed by atoms with Crippen LogP contribution in [0.3, 0.4) is 0 Å². The number of ether oxygens (including phenoxy) is 1. The number of unbranched alkanes of at least 4 members (excludes halogenated alkanes) is 2. The van der Waals surface area contributed by atoms with Crippen LogP contribution in [0.1, 0.15) is 38.7 Å². The molecule has 0 aliphatic heterocycles. The zero-order chi connectivity index (χ0) is 14.6. The molecule has 1 rings (SSSR count). The number of para-hydroxylation sites is 1. The normalized spacial score (nSPS) is 11.2. The van der Waals surface area contributed by atoms with Crippen LogP contribution in [0.5, 0.6) is 5.75 Å². The minimum Gasteiger partial charge on any atom is -0.496 e. The van der Waals surface area contributed by atoms with Crippen molar-refractivity contribution in [2.45, 2.75) is 39.7 Å². The Hall–Kier alpha value is -1.71. The van der Waals surface area contributed by atoms with Crippen LogP contribution < -0.4 is 15.4 Å². The molecule has 0 bridgehead atoms. The molecule has 0 spiro atoms. The van der Waals surface area contributed by atoms with Gasteiger partial charge in [-0.25, -0.2) is 4.99 Å². The third-order valence-corrected chi connectivity index (χ3v) is 3.02. The monoisotopic (exact) mass is 277 g/mol. The van der Waals surface area contributed by atoms with Crippen LogP contribution in [0.15, 0.2) is 29.3 Å². The van der Waals surface area contributed by atoms with E-state index in [2.05, 4.69) is 29.5 Å². The van der Waals surface area contributed by atoms with E-state index in [1.165, 1.54) is 19.3 Å². The molecule has 0 saturated heterocycles. The molecular formula is C16H27N3O. The van der Waals surface area contributed by atoms with Gasteiger partial charge >= 0.3 is 0 Å². The van der Waals surface area contributed by atoms with Crippen molar-refractivity contribution in [1.82, 2.24) is 10.6 Å². The lowest BCUT2D eigenvalue weighted by Crippen LogP contribution is -2.37. The summed E-state index contributed by atoms with van der Waals surface area (Å²) in [6, 6.07) is 7.99. The SMILES string of the molecule is CCCCCNC(=NCc1ccccc1OC)NCC. The largest absolute Gasteiger partial charge is 0.496 e. The number of rotatable bonds is 8. The topological polar surface area (TPSA) is 45.7 Å². The highest BCUT2D eigenvalue weighted by Gasteiger charge is 2.01. The highest BCUT2D eigenvalue weighted by Crippen LogP contribution is 2.17. The van der Waals surface area contributed by atoms with E-state index in [1.54, 1.807) is 7.11 Å². The van der Waals surface area contributed by atoms with Gasteiger partial charge in [-0.15, -0.1) is 0 Å². The summed E-state index contributed by atoms with van der Waals surface area (Å²) in [5, 5.41) is 6.63. The first kappa shape index (κ1) is 16.3. The fraction of sp³-hybridized carbons (Fsp3) is 0.562. The number of benzene rings is 1. The van der Waals surface area contributed by atoms with Gasteiger partial charge in [-0.3, -0.25) is 0 Å². The number of hydrogen-bond acceptors (Lipinski definition) is 2. The summed E-state index contributed by atoms with van der Waals surface area (Å²) in [4.78, 5) is 4.60. The number of nitrogens with zero attached hydrogens (tertiary/aromatic N) is 1. The van der Waals surface area contributed by atoms with Crippen molar-refractivity contribution in [3.63, 3.8) is 0 Å². The third-order valence-electron chi connectivity index (χ3n) is 3.02. The minimum atomic E-state index is 0.618. The van der Waals surface area contributed by atoms with E-state index in [9.17, 15) is 0 Å².